The van der Waals surface area contributed by atoms with E-state index in [1.807, 2.05) is 0 Å². The van der Waals surface area contributed by atoms with E-state index in [1.165, 1.54) is 54.3 Å². The first-order valence-electron chi connectivity index (χ1n) is 8.87. The lowest BCUT2D eigenvalue weighted by atomic mass is 9.86. The maximum Gasteiger partial charge on any atom is 0.289 e. The Bertz CT molecular complexity index is 721. The average molecular weight is 367 g/mol. The maximum atomic E-state index is 12.8. The Balaban J connectivity index is 1.69. The smallest absolute Gasteiger partial charge is 0.289 e. The molecule has 1 aliphatic heterocycles. The van der Waals surface area contributed by atoms with Crippen molar-refractivity contribution in [3.05, 3.63) is 34.4 Å². The third kappa shape index (κ3) is 3.86. The lowest BCUT2D eigenvalue weighted by molar-refractivity contribution is -0.387. The van der Waals surface area contributed by atoms with Gasteiger partial charge in [0.05, 0.1) is 4.92 Å². The lowest BCUT2D eigenvalue weighted by Crippen LogP contribution is -2.52. The quantitative estimate of drug-likeness (QED) is 0.603. The minimum absolute atomic E-state index is 0.208. The van der Waals surface area contributed by atoms with Gasteiger partial charge in [-0.25, -0.2) is 8.42 Å². The second kappa shape index (κ2) is 7.39. The minimum atomic E-state index is -3.84. The lowest BCUT2D eigenvalue weighted by Gasteiger charge is -2.41. The topological polar surface area (TPSA) is 83.8 Å². The molecule has 138 valence electrons. The van der Waals surface area contributed by atoms with Crippen molar-refractivity contribution in [1.29, 1.82) is 0 Å². The van der Waals surface area contributed by atoms with Gasteiger partial charge in [-0.3, -0.25) is 15.0 Å². The van der Waals surface area contributed by atoms with Crippen molar-refractivity contribution in [1.82, 2.24) is 9.21 Å². The summed E-state index contributed by atoms with van der Waals surface area (Å²) in [5.41, 5.74) is -0.355. The van der Waals surface area contributed by atoms with Crippen LogP contribution in [0.3, 0.4) is 0 Å². The number of sulfonamides is 1. The zero-order chi connectivity index (χ0) is 18.0. The molecule has 0 bridgehead atoms. The first kappa shape index (κ1) is 18.3. The molecule has 0 radical (unpaired) electrons. The van der Waals surface area contributed by atoms with E-state index < -0.39 is 14.9 Å². The zero-order valence-electron chi connectivity index (χ0n) is 14.5. The SMILES string of the molecule is CC1CCC(N2CCN(S(=O)(=O)c3ccccc3[N+](=O)[O-])CC2)CC1. The van der Waals surface area contributed by atoms with Gasteiger partial charge in [-0.05, 0) is 37.7 Å². The molecule has 1 aromatic rings. The molecule has 7 nitrogen and oxygen atoms in total. The summed E-state index contributed by atoms with van der Waals surface area (Å²) in [6.45, 7) is 4.45. The number of nitro benzene ring substituents is 1. The number of para-hydroxylation sites is 1. The average Bonchev–Trinajstić information content (AvgIpc) is 2.62. The first-order valence-corrected chi connectivity index (χ1v) is 10.3. The van der Waals surface area contributed by atoms with E-state index in [1.54, 1.807) is 0 Å². The highest BCUT2D eigenvalue weighted by Crippen LogP contribution is 2.30. The predicted octanol–water partition coefficient (Wildman–Crippen LogP) is 2.48. The number of rotatable bonds is 4. The molecule has 2 fully saturated rings. The highest BCUT2D eigenvalue weighted by atomic mass is 32.2. The van der Waals surface area contributed by atoms with Crippen LogP contribution in [0.4, 0.5) is 5.69 Å². The Morgan fingerprint density at radius 1 is 1.04 bits per heavy atom. The fourth-order valence-corrected chi connectivity index (χ4v) is 5.46. The van der Waals surface area contributed by atoms with Gasteiger partial charge in [0.15, 0.2) is 4.90 Å². The summed E-state index contributed by atoms with van der Waals surface area (Å²) >= 11 is 0. The fraction of sp³-hybridized carbons (Fsp3) is 0.647. The van der Waals surface area contributed by atoms with Gasteiger partial charge in [0.25, 0.3) is 5.69 Å². The number of benzene rings is 1. The summed E-state index contributed by atoms with van der Waals surface area (Å²) in [6.07, 6.45) is 4.83. The van der Waals surface area contributed by atoms with Crippen LogP contribution in [0.5, 0.6) is 0 Å². The van der Waals surface area contributed by atoms with Crippen LogP contribution in [-0.4, -0.2) is 54.8 Å². The van der Waals surface area contributed by atoms with Gasteiger partial charge >= 0.3 is 0 Å². The number of nitro groups is 1. The first-order chi connectivity index (χ1) is 11.9. The summed E-state index contributed by atoms with van der Waals surface area (Å²) in [6, 6.07) is 6.12. The van der Waals surface area contributed by atoms with Crippen molar-refractivity contribution in [3.8, 4) is 0 Å². The highest BCUT2D eigenvalue weighted by molar-refractivity contribution is 7.89. The summed E-state index contributed by atoms with van der Waals surface area (Å²) in [4.78, 5) is 12.7. The van der Waals surface area contributed by atoms with E-state index in [-0.39, 0.29) is 10.6 Å². The van der Waals surface area contributed by atoms with Crippen molar-refractivity contribution in [2.75, 3.05) is 26.2 Å². The number of hydrogen-bond donors (Lipinski definition) is 0. The van der Waals surface area contributed by atoms with E-state index in [9.17, 15) is 18.5 Å². The van der Waals surface area contributed by atoms with Crippen LogP contribution in [-0.2, 0) is 10.0 Å². The fourth-order valence-electron chi connectivity index (χ4n) is 3.88. The summed E-state index contributed by atoms with van der Waals surface area (Å²) in [7, 11) is -3.84. The molecule has 3 rings (SSSR count). The molecule has 0 atom stereocenters. The van der Waals surface area contributed by atoms with Gasteiger partial charge in [-0.1, -0.05) is 19.1 Å². The summed E-state index contributed by atoms with van der Waals surface area (Å²) in [5.74, 6) is 0.788. The molecule has 0 unspecified atom stereocenters. The molecule has 0 amide bonds. The number of piperazine rings is 1. The van der Waals surface area contributed by atoms with Crippen molar-refractivity contribution in [3.63, 3.8) is 0 Å². The molecule has 1 heterocycles. The Kier molecular flexibility index (Phi) is 5.41. The maximum absolute atomic E-state index is 12.8. The number of nitrogens with zero attached hydrogens (tertiary/aromatic N) is 3. The Morgan fingerprint density at radius 3 is 2.24 bits per heavy atom. The van der Waals surface area contributed by atoms with Crippen LogP contribution in [0.2, 0.25) is 0 Å². The van der Waals surface area contributed by atoms with E-state index in [0.29, 0.717) is 32.2 Å². The zero-order valence-corrected chi connectivity index (χ0v) is 15.3. The van der Waals surface area contributed by atoms with Gasteiger partial charge in [-0.2, -0.15) is 4.31 Å². The van der Waals surface area contributed by atoms with Crippen molar-refractivity contribution in [2.45, 2.75) is 43.5 Å². The van der Waals surface area contributed by atoms with Gasteiger partial charge in [0.2, 0.25) is 10.0 Å². The van der Waals surface area contributed by atoms with Gasteiger partial charge in [0, 0.05) is 38.3 Å². The molecule has 1 aromatic carbocycles. The Hall–Kier alpha value is -1.51. The van der Waals surface area contributed by atoms with E-state index in [0.717, 1.165) is 5.92 Å². The monoisotopic (exact) mass is 367 g/mol. The molecule has 0 spiro atoms. The third-order valence-electron chi connectivity index (χ3n) is 5.45. The Morgan fingerprint density at radius 2 is 1.64 bits per heavy atom. The van der Waals surface area contributed by atoms with Crippen molar-refractivity contribution >= 4 is 15.7 Å². The van der Waals surface area contributed by atoms with Crippen LogP contribution >= 0.6 is 0 Å². The van der Waals surface area contributed by atoms with Gasteiger partial charge < -0.3 is 0 Å². The molecule has 0 aromatic heterocycles. The van der Waals surface area contributed by atoms with E-state index in [4.69, 9.17) is 0 Å². The van der Waals surface area contributed by atoms with E-state index in [2.05, 4.69) is 11.8 Å². The minimum Gasteiger partial charge on any atom is -0.298 e. The standard InChI is InChI=1S/C17H25N3O4S/c1-14-6-8-15(9-7-14)18-10-12-19(13-11-18)25(23,24)17-5-3-2-4-16(17)20(21)22/h2-5,14-15H,6-13H2,1H3. The second-order valence-electron chi connectivity index (χ2n) is 7.08. The highest BCUT2D eigenvalue weighted by Gasteiger charge is 2.35. The summed E-state index contributed by atoms with van der Waals surface area (Å²) < 4.78 is 27.1. The van der Waals surface area contributed by atoms with E-state index >= 15 is 0 Å². The third-order valence-corrected chi connectivity index (χ3v) is 7.40. The molecular weight excluding hydrogens is 342 g/mol. The van der Waals surface area contributed by atoms with Gasteiger partial charge in [0.1, 0.15) is 0 Å². The summed E-state index contributed by atoms with van der Waals surface area (Å²) in [5, 5.41) is 11.2. The van der Waals surface area contributed by atoms with Crippen LogP contribution < -0.4 is 0 Å². The molecule has 1 saturated heterocycles. The van der Waals surface area contributed by atoms with Crippen LogP contribution in [0.15, 0.2) is 29.2 Å². The molecule has 8 heteroatoms. The molecular formula is C17H25N3O4S. The van der Waals surface area contributed by atoms with Gasteiger partial charge in [-0.15, -0.1) is 0 Å². The normalized spacial score (nSPS) is 26.4. The van der Waals surface area contributed by atoms with Crippen molar-refractivity contribution < 1.29 is 13.3 Å². The van der Waals surface area contributed by atoms with Crippen LogP contribution in [0.25, 0.3) is 0 Å². The second-order valence-corrected chi connectivity index (χ2v) is 8.98. The molecule has 25 heavy (non-hydrogen) atoms. The van der Waals surface area contributed by atoms with Crippen LogP contribution in [0, 0.1) is 16.0 Å². The molecule has 2 aliphatic rings. The van der Waals surface area contributed by atoms with Crippen LogP contribution in [0.1, 0.15) is 32.6 Å². The molecule has 0 N–H and O–H groups in total. The van der Waals surface area contributed by atoms with Crippen molar-refractivity contribution in [2.24, 2.45) is 5.92 Å². The molecule has 1 saturated carbocycles. The number of hydrogen-bond acceptors (Lipinski definition) is 5. The Labute approximate surface area is 148 Å². The largest absolute Gasteiger partial charge is 0.298 e. The predicted molar refractivity (Wildman–Crippen MR) is 94.8 cm³/mol. The molecule has 1 aliphatic carbocycles.